The van der Waals surface area contributed by atoms with E-state index in [2.05, 4.69) is 70.5 Å². The number of thioether (sulfide) groups is 1. The SMILES string of the molecule is Cl.Cl.c1ccc(-c2nc(SCCN3CCCCCC3)[nH]c2-c2ccccc2)cc1. The monoisotopic (exact) mass is 449 g/mol. The molecule has 0 aliphatic carbocycles. The van der Waals surface area contributed by atoms with Crippen LogP contribution >= 0.6 is 36.6 Å². The fraction of sp³-hybridized carbons (Fsp3) is 0.348. The maximum atomic E-state index is 4.95. The quantitative estimate of drug-likeness (QED) is 0.432. The molecule has 0 atom stereocenters. The summed E-state index contributed by atoms with van der Waals surface area (Å²) in [6.07, 6.45) is 5.48. The van der Waals surface area contributed by atoms with Gasteiger partial charge in [0.25, 0.3) is 0 Å². The molecular formula is C23H29Cl2N3S. The summed E-state index contributed by atoms with van der Waals surface area (Å²) in [4.78, 5) is 11.1. The Morgan fingerprint density at radius 2 is 1.38 bits per heavy atom. The van der Waals surface area contributed by atoms with Gasteiger partial charge in [0.05, 0.1) is 11.4 Å². The molecule has 1 fully saturated rings. The highest BCUT2D eigenvalue weighted by molar-refractivity contribution is 7.99. The summed E-state index contributed by atoms with van der Waals surface area (Å²) in [6, 6.07) is 21.0. The van der Waals surface area contributed by atoms with Gasteiger partial charge in [0.2, 0.25) is 0 Å². The van der Waals surface area contributed by atoms with Crippen molar-refractivity contribution in [3.63, 3.8) is 0 Å². The minimum absolute atomic E-state index is 0. The van der Waals surface area contributed by atoms with Crippen LogP contribution in [0.25, 0.3) is 22.5 Å². The zero-order chi connectivity index (χ0) is 18.3. The minimum Gasteiger partial charge on any atom is -0.332 e. The molecule has 3 nitrogen and oxygen atoms in total. The normalized spacial score (nSPS) is 14.5. The average molecular weight is 450 g/mol. The molecule has 29 heavy (non-hydrogen) atoms. The van der Waals surface area contributed by atoms with Crippen LogP contribution in [0.3, 0.4) is 0 Å². The second kappa shape index (κ2) is 12.3. The van der Waals surface area contributed by atoms with Crippen LogP contribution in [0.15, 0.2) is 65.8 Å². The molecule has 0 radical (unpaired) electrons. The predicted molar refractivity (Wildman–Crippen MR) is 130 cm³/mol. The molecule has 0 unspecified atom stereocenters. The van der Waals surface area contributed by atoms with Gasteiger partial charge < -0.3 is 9.88 Å². The predicted octanol–water partition coefficient (Wildman–Crippen LogP) is 6.56. The van der Waals surface area contributed by atoms with Gasteiger partial charge in [-0.2, -0.15) is 0 Å². The Labute approximate surface area is 190 Å². The summed E-state index contributed by atoms with van der Waals surface area (Å²) in [5.74, 6) is 1.08. The molecule has 0 spiro atoms. The van der Waals surface area contributed by atoms with E-state index in [4.69, 9.17) is 4.98 Å². The number of nitrogens with zero attached hydrogens (tertiary/aromatic N) is 2. The second-order valence-electron chi connectivity index (χ2n) is 7.10. The molecule has 1 N–H and O–H groups in total. The van der Waals surface area contributed by atoms with Crippen LogP contribution in [0, 0.1) is 0 Å². The van der Waals surface area contributed by atoms with Crippen molar-refractivity contribution in [3.8, 4) is 22.5 Å². The largest absolute Gasteiger partial charge is 0.332 e. The summed E-state index contributed by atoms with van der Waals surface area (Å²) in [6.45, 7) is 3.65. The van der Waals surface area contributed by atoms with Crippen molar-refractivity contribution in [1.29, 1.82) is 0 Å². The lowest BCUT2D eigenvalue weighted by molar-refractivity contribution is 0.303. The summed E-state index contributed by atoms with van der Waals surface area (Å²) in [7, 11) is 0. The molecule has 3 aromatic rings. The van der Waals surface area contributed by atoms with Gasteiger partial charge in [0.1, 0.15) is 0 Å². The molecule has 0 bridgehead atoms. The van der Waals surface area contributed by atoms with E-state index in [0.29, 0.717) is 0 Å². The first-order valence-electron chi connectivity index (χ1n) is 9.96. The van der Waals surface area contributed by atoms with Crippen molar-refractivity contribution in [2.75, 3.05) is 25.4 Å². The maximum Gasteiger partial charge on any atom is 0.166 e. The molecule has 1 aromatic heterocycles. The van der Waals surface area contributed by atoms with E-state index in [-0.39, 0.29) is 24.8 Å². The number of rotatable bonds is 6. The highest BCUT2D eigenvalue weighted by Crippen LogP contribution is 2.32. The molecular weight excluding hydrogens is 421 g/mol. The van der Waals surface area contributed by atoms with Gasteiger partial charge >= 0.3 is 0 Å². The first-order chi connectivity index (χ1) is 13.4. The number of nitrogens with one attached hydrogen (secondary N) is 1. The number of halogens is 2. The minimum atomic E-state index is 0. The van der Waals surface area contributed by atoms with Gasteiger partial charge in [0.15, 0.2) is 5.16 Å². The van der Waals surface area contributed by atoms with E-state index in [1.165, 1.54) is 44.3 Å². The van der Waals surface area contributed by atoms with Gasteiger partial charge in [-0.05, 0) is 25.9 Å². The van der Waals surface area contributed by atoms with Gasteiger partial charge in [-0.1, -0.05) is 85.3 Å². The molecule has 1 aliphatic heterocycles. The molecule has 2 aromatic carbocycles. The van der Waals surface area contributed by atoms with Gasteiger partial charge in [-0.25, -0.2) is 4.98 Å². The van der Waals surface area contributed by atoms with Crippen LogP contribution in [-0.2, 0) is 0 Å². The first kappa shape index (κ1) is 23.8. The van der Waals surface area contributed by atoms with Crippen molar-refractivity contribution in [1.82, 2.24) is 14.9 Å². The number of aromatic nitrogens is 2. The first-order valence-corrected chi connectivity index (χ1v) is 10.9. The summed E-state index contributed by atoms with van der Waals surface area (Å²) < 4.78 is 0. The van der Waals surface area contributed by atoms with Gasteiger partial charge in [-0.3, -0.25) is 0 Å². The number of aromatic amines is 1. The van der Waals surface area contributed by atoms with Crippen molar-refractivity contribution < 1.29 is 0 Å². The zero-order valence-corrected chi connectivity index (χ0v) is 19.0. The van der Waals surface area contributed by atoms with Crippen LogP contribution in [0.5, 0.6) is 0 Å². The number of hydrogen-bond acceptors (Lipinski definition) is 3. The Kier molecular flexibility index (Phi) is 10.1. The van der Waals surface area contributed by atoms with Crippen molar-refractivity contribution >= 4 is 36.6 Å². The number of H-pyrrole nitrogens is 1. The molecule has 4 rings (SSSR count). The average Bonchev–Trinajstić information content (AvgIpc) is 2.98. The molecule has 0 amide bonds. The van der Waals surface area contributed by atoms with Crippen molar-refractivity contribution in [2.24, 2.45) is 0 Å². The zero-order valence-electron chi connectivity index (χ0n) is 16.5. The number of benzene rings is 2. The van der Waals surface area contributed by atoms with E-state index in [9.17, 15) is 0 Å². The van der Waals surface area contributed by atoms with Gasteiger partial charge in [-0.15, -0.1) is 24.8 Å². The van der Waals surface area contributed by atoms with Crippen LogP contribution < -0.4 is 0 Å². The molecule has 0 saturated carbocycles. The lowest BCUT2D eigenvalue weighted by Crippen LogP contribution is -2.27. The third-order valence-electron chi connectivity index (χ3n) is 5.14. The highest BCUT2D eigenvalue weighted by atomic mass is 35.5. The third-order valence-corrected chi connectivity index (χ3v) is 5.99. The van der Waals surface area contributed by atoms with E-state index in [1.807, 2.05) is 11.8 Å². The van der Waals surface area contributed by atoms with E-state index in [1.54, 1.807) is 0 Å². The van der Waals surface area contributed by atoms with Crippen LogP contribution in [0.1, 0.15) is 25.7 Å². The lowest BCUT2D eigenvalue weighted by atomic mass is 10.1. The smallest absolute Gasteiger partial charge is 0.166 e. The fourth-order valence-corrected chi connectivity index (χ4v) is 4.54. The summed E-state index contributed by atoms with van der Waals surface area (Å²) in [5.41, 5.74) is 4.49. The fourth-order valence-electron chi connectivity index (χ4n) is 3.67. The molecule has 1 aliphatic rings. The van der Waals surface area contributed by atoms with Crippen LogP contribution in [0.2, 0.25) is 0 Å². The standard InChI is InChI=1S/C23H27N3S.2ClH/c1-2-10-16-26(15-9-1)17-18-27-23-24-21(19-11-5-3-6-12-19)22(25-23)20-13-7-4-8-14-20;;/h3-8,11-14H,1-2,9-10,15-18H2,(H,24,25);2*1H. The summed E-state index contributed by atoms with van der Waals surface area (Å²) in [5, 5.41) is 1.02. The molecule has 156 valence electrons. The third kappa shape index (κ3) is 6.51. The number of hydrogen-bond donors (Lipinski definition) is 1. The Morgan fingerprint density at radius 3 is 2.00 bits per heavy atom. The Morgan fingerprint density at radius 1 is 0.793 bits per heavy atom. The Balaban J connectivity index is 0.00000150. The molecule has 2 heterocycles. The Hall–Kier alpha value is -1.46. The van der Waals surface area contributed by atoms with Crippen molar-refractivity contribution in [3.05, 3.63) is 60.7 Å². The number of likely N-dealkylation sites (tertiary alicyclic amines) is 1. The second-order valence-corrected chi connectivity index (χ2v) is 8.19. The summed E-state index contributed by atoms with van der Waals surface area (Å²) >= 11 is 1.84. The maximum absolute atomic E-state index is 4.95. The van der Waals surface area contributed by atoms with Crippen LogP contribution in [0.4, 0.5) is 0 Å². The molecule has 1 saturated heterocycles. The molecule has 6 heteroatoms. The number of imidazole rings is 1. The lowest BCUT2D eigenvalue weighted by Gasteiger charge is -2.18. The highest BCUT2D eigenvalue weighted by Gasteiger charge is 2.15. The van der Waals surface area contributed by atoms with E-state index in [0.717, 1.165) is 34.4 Å². The Bertz CT molecular complexity index is 775. The van der Waals surface area contributed by atoms with Gasteiger partial charge in [0, 0.05) is 23.4 Å². The topological polar surface area (TPSA) is 31.9 Å². The van der Waals surface area contributed by atoms with E-state index < -0.39 is 0 Å². The van der Waals surface area contributed by atoms with E-state index >= 15 is 0 Å². The van der Waals surface area contributed by atoms with Crippen molar-refractivity contribution in [2.45, 2.75) is 30.8 Å². The van der Waals surface area contributed by atoms with Crippen LogP contribution in [-0.4, -0.2) is 40.3 Å².